The van der Waals surface area contributed by atoms with Crippen molar-refractivity contribution in [3.05, 3.63) is 59.7 Å². The zero-order chi connectivity index (χ0) is 22.7. The van der Waals surface area contributed by atoms with Gasteiger partial charge in [0.2, 0.25) is 5.91 Å². The van der Waals surface area contributed by atoms with Crippen LogP contribution in [0.25, 0.3) is 11.1 Å². The second kappa shape index (κ2) is 9.42. The third-order valence-corrected chi connectivity index (χ3v) is 6.42. The second-order valence-electron chi connectivity index (χ2n) is 8.57. The molecule has 0 spiro atoms. The minimum atomic E-state index is -1.02. The lowest BCUT2D eigenvalue weighted by Crippen LogP contribution is -2.47. The minimum absolute atomic E-state index is 0.0201. The third-order valence-electron chi connectivity index (χ3n) is 6.42. The van der Waals surface area contributed by atoms with Gasteiger partial charge in [0, 0.05) is 18.4 Å². The Labute approximate surface area is 187 Å². The van der Waals surface area contributed by atoms with Crippen LogP contribution in [0.15, 0.2) is 48.5 Å². The van der Waals surface area contributed by atoms with E-state index < -0.39 is 18.1 Å². The van der Waals surface area contributed by atoms with Crippen LogP contribution in [-0.2, 0) is 14.3 Å². The average Bonchev–Trinajstić information content (AvgIpc) is 3.08. The highest BCUT2D eigenvalue weighted by molar-refractivity contribution is 5.83. The number of ether oxygens (including phenoxy) is 1. The molecule has 7 heteroatoms. The molecule has 168 valence electrons. The van der Waals surface area contributed by atoms with E-state index in [9.17, 15) is 14.4 Å². The quantitative estimate of drug-likeness (QED) is 0.586. The molecule has 2 aromatic rings. The van der Waals surface area contributed by atoms with Gasteiger partial charge in [0.25, 0.3) is 0 Å². The average molecular weight is 437 g/mol. The van der Waals surface area contributed by atoms with Gasteiger partial charge in [0.1, 0.15) is 12.6 Å². The summed E-state index contributed by atoms with van der Waals surface area (Å²) in [6.45, 7) is 1.99. The van der Waals surface area contributed by atoms with Crippen molar-refractivity contribution in [1.29, 1.82) is 0 Å². The summed E-state index contributed by atoms with van der Waals surface area (Å²) in [6.07, 6.45) is 1.53. The number of fused-ring (bicyclic) bond motifs is 3. The number of amides is 2. The fourth-order valence-corrected chi connectivity index (χ4v) is 4.68. The van der Waals surface area contributed by atoms with Crippen LogP contribution in [0.1, 0.15) is 49.7 Å². The summed E-state index contributed by atoms with van der Waals surface area (Å²) in [5.74, 6) is -1.12. The van der Waals surface area contributed by atoms with E-state index in [1.807, 2.05) is 24.3 Å². The molecule has 1 atom stereocenters. The molecule has 0 aromatic heterocycles. The minimum Gasteiger partial charge on any atom is -0.480 e. The third kappa shape index (κ3) is 4.61. The fraction of sp³-hybridized carbons (Fsp3) is 0.400. The molecule has 0 saturated heterocycles. The maximum Gasteiger partial charge on any atom is 0.407 e. The molecule has 32 heavy (non-hydrogen) atoms. The van der Waals surface area contributed by atoms with Gasteiger partial charge in [-0.05, 0) is 47.4 Å². The molecule has 7 nitrogen and oxygen atoms in total. The molecule has 4 rings (SSSR count). The van der Waals surface area contributed by atoms with E-state index in [2.05, 4.69) is 34.9 Å². The molecule has 1 saturated carbocycles. The molecule has 0 bridgehead atoms. The van der Waals surface area contributed by atoms with Crippen LogP contribution in [0, 0.1) is 5.92 Å². The van der Waals surface area contributed by atoms with E-state index in [1.165, 1.54) is 22.3 Å². The lowest BCUT2D eigenvalue weighted by molar-refractivity contribution is -0.142. The van der Waals surface area contributed by atoms with Gasteiger partial charge in [0.05, 0.1) is 0 Å². The number of carbonyl (C=O) groups is 3. The van der Waals surface area contributed by atoms with Crippen LogP contribution < -0.4 is 10.6 Å². The summed E-state index contributed by atoms with van der Waals surface area (Å²) in [4.78, 5) is 35.4. The van der Waals surface area contributed by atoms with E-state index in [0.717, 1.165) is 0 Å². The van der Waals surface area contributed by atoms with E-state index in [4.69, 9.17) is 9.84 Å². The lowest BCUT2D eigenvalue weighted by atomic mass is 9.78. The summed E-state index contributed by atoms with van der Waals surface area (Å²) in [6, 6.07) is 15.5. The first-order valence-corrected chi connectivity index (χ1v) is 11.1. The SMILES string of the molecule is CCC(NC(=O)CC1CC(NC(=O)OCC2c3ccccc3-c3ccccc32)C1)C(=O)O. The Morgan fingerprint density at radius 2 is 1.62 bits per heavy atom. The van der Waals surface area contributed by atoms with Gasteiger partial charge in [-0.2, -0.15) is 0 Å². The van der Waals surface area contributed by atoms with Crippen molar-refractivity contribution < 1.29 is 24.2 Å². The highest BCUT2D eigenvalue weighted by Gasteiger charge is 2.34. The Hall–Kier alpha value is -3.35. The van der Waals surface area contributed by atoms with Crippen LogP contribution in [0.4, 0.5) is 4.79 Å². The molecule has 2 amide bonds. The van der Waals surface area contributed by atoms with Crippen molar-refractivity contribution in [3.8, 4) is 11.1 Å². The van der Waals surface area contributed by atoms with E-state index >= 15 is 0 Å². The zero-order valence-corrected chi connectivity index (χ0v) is 18.0. The Bertz CT molecular complexity index is 969. The topological polar surface area (TPSA) is 105 Å². The van der Waals surface area contributed by atoms with E-state index in [1.54, 1.807) is 6.92 Å². The zero-order valence-electron chi connectivity index (χ0n) is 18.0. The Morgan fingerprint density at radius 1 is 1.03 bits per heavy atom. The van der Waals surface area contributed by atoms with Gasteiger partial charge >= 0.3 is 12.1 Å². The number of carbonyl (C=O) groups excluding carboxylic acids is 2. The van der Waals surface area contributed by atoms with Gasteiger partial charge in [-0.1, -0.05) is 55.5 Å². The summed E-state index contributed by atoms with van der Waals surface area (Å²) in [5.41, 5.74) is 4.71. The van der Waals surface area contributed by atoms with Crippen LogP contribution in [-0.4, -0.2) is 41.8 Å². The summed E-state index contributed by atoms with van der Waals surface area (Å²) in [5, 5.41) is 14.4. The van der Waals surface area contributed by atoms with Crippen molar-refractivity contribution in [2.75, 3.05) is 6.61 Å². The molecule has 1 fully saturated rings. The summed E-state index contributed by atoms with van der Waals surface area (Å²) in [7, 11) is 0. The highest BCUT2D eigenvalue weighted by Crippen LogP contribution is 2.44. The first kappa shape index (κ1) is 21.9. The monoisotopic (exact) mass is 436 g/mol. The van der Waals surface area contributed by atoms with Crippen molar-refractivity contribution in [3.63, 3.8) is 0 Å². The molecule has 0 radical (unpaired) electrons. The molecule has 3 N–H and O–H groups in total. The van der Waals surface area contributed by atoms with Gasteiger partial charge in [0.15, 0.2) is 0 Å². The Balaban J connectivity index is 1.23. The predicted octanol–water partition coefficient (Wildman–Crippen LogP) is 3.67. The Kier molecular flexibility index (Phi) is 6.44. The molecule has 2 aliphatic rings. The van der Waals surface area contributed by atoms with Gasteiger partial charge in [-0.15, -0.1) is 0 Å². The number of carboxylic acids is 1. The molecule has 2 aliphatic carbocycles. The maximum absolute atomic E-state index is 12.3. The number of hydrogen-bond donors (Lipinski definition) is 3. The van der Waals surface area contributed by atoms with Crippen LogP contribution in [0.5, 0.6) is 0 Å². The number of aliphatic carboxylic acids is 1. The maximum atomic E-state index is 12.3. The molecule has 2 aromatic carbocycles. The fourth-order valence-electron chi connectivity index (χ4n) is 4.68. The standard InChI is InChI=1S/C25H28N2O5/c1-2-22(24(29)30)27-23(28)13-15-11-16(12-15)26-25(31)32-14-21-19-9-5-3-7-17(19)18-8-4-6-10-20(18)21/h3-10,15-16,21-22H,2,11-14H2,1H3,(H,26,31)(H,27,28)(H,29,30). The first-order chi connectivity index (χ1) is 15.5. The smallest absolute Gasteiger partial charge is 0.407 e. The molecular weight excluding hydrogens is 408 g/mol. The van der Waals surface area contributed by atoms with Gasteiger partial charge in [-0.25, -0.2) is 9.59 Å². The largest absolute Gasteiger partial charge is 0.480 e. The normalized spacial score (nSPS) is 19.8. The Morgan fingerprint density at radius 3 is 2.19 bits per heavy atom. The lowest BCUT2D eigenvalue weighted by Gasteiger charge is -2.35. The molecular formula is C25H28N2O5. The van der Waals surface area contributed by atoms with E-state index in [0.29, 0.717) is 19.3 Å². The second-order valence-corrected chi connectivity index (χ2v) is 8.57. The molecule has 0 heterocycles. The number of rotatable bonds is 8. The van der Waals surface area contributed by atoms with Crippen molar-refractivity contribution in [2.45, 2.75) is 50.6 Å². The number of benzene rings is 2. The highest BCUT2D eigenvalue weighted by atomic mass is 16.5. The predicted molar refractivity (Wildman–Crippen MR) is 119 cm³/mol. The van der Waals surface area contributed by atoms with Crippen molar-refractivity contribution >= 4 is 18.0 Å². The van der Waals surface area contributed by atoms with Crippen LogP contribution in [0.2, 0.25) is 0 Å². The van der Waals surface area contributed by atoms with Gasteiger partial charge < -0.3 is 20.5 Å². The van der Waals surface area contributed by atoms with E-state index in [-0.39, 0.29) is 36.8 Å². The number of carboxylic acid groups (broad SMARTS) is 1. The van der Waals surface area contributed by atoms with Crippen molar-refractivity contribution in [2.24, 2.45) is 5.92 Å². The number of alkyl carbamates (subject to hydrolysis) is 1. The van der Waals surface area contributed by atoms with Crippen LogP contribution in [0.3, 0.4) is 0 Å². The van der Waals surface area contributed by atoms with Gasteiger partial charge in [-0.3, -0.25) is 4.79 Å². The molecule has 1 unspecified atom stereocenters. The summed E-state index contributed by atoms with van der Waals surface area (Å²) < 4.78 is 5.56. The van der Waals surface area contributed by atoms with Crippen LogP contribution >= 0.6 is 0 Å². The number of hydrogen-bond acceptors (Lipinski definition) is 4. The summed E-state index contributed by atoms with van der Waals surface area (Å²) >= 11 is 0. The molecule has 0 aliphatic heterocycles. The van der Waals surface area contributed by atoms with Crippen molar-refractivity contribution in [1.82, 2.24) is 10.6 Å². The number of nitrogens with one attached hydrogen (secondary N) is 2. The first-order valence-electron chi connectivity index (χ1n) is 11.1.